The number of carbonyl (C=O) groups is 2. The maximum atomic E-state index is 13.3. The Morgan fingerprint density at radius 2 is 1.89 bits per heavy atom. The topological polar surface area (TPSA) is 119 Å². The minimum Gasteiger partial charge on any atom is -0.508 e. The number of ether oxygens (including phenoxy) is 2. The largest absolute Gasteiger partial charge is 0.508 e. The SMILES string of the molecule is CCn1cc(C(=O)N[C@@H](CCSC)C(=O)NCCc2ccc(O)cc2)c(=O)c2cc3c(cc21)OCO3. The van der Waals surface area contributed by atoms with Crippen LogP contribution in [0, 0.1) is 0 Å². The maximum absolute atomic E-state index is 13.3. The Labute approximate surface area is 212 Å². The molecule has 0 aliphatic carbocycles. The van der Waals surface area contributed by atoms with Gasteiger partial charge in [-0.3, -0.25) is 14.4 Å². The van der Waals surface area contributed by atoms with E-state index in [1.165, 1.54) is 6.20 Å². The van der Waals surface area contributed by atoms with Crippen LogP contribution in [0.25, 0.3) is 10.9 Å². The Hall–Kier alpha value is -3.66. The molecular formula is C26H29N3O6S. The number of hydrogen-bond donors (Lipinski definition) is 3. The van der Waals surface area contributed by atoms with Crippen molar-refractivity contribution in [2.24, 2.45) is 0 Å². The van der Waals surface area contributed by atoms with Gasteiger partial charge in [0.2, 0.25) is 18.1 Å². The van der Waals surface area contributed by atoms with Crippen LogP contribution >= 0.6 is 11.8 Å². The minimum absolute atomic E-state index is 0.0331. The number of fused-ring (bicyclic) bond motifs is 2. The van der Waals surface area contributed by atoms with Crippen molar-refractivity contribution in [1.29, 1.82) is 0 Å². The van der Waals surface area contributed by atoms with Crippen molar-refractivity contribution in [1.82, 2.24) is 15.2 Å². The van der Waals surface area contributed by atoms with Gasteiger partial charge in [-0.15, -0.1) is 0 Å². The van der Waals surface area contributed by atoms with E-state index in [0.717, 1.165) is 5.56 Å². The van der Waals surface area contributed by atoms with Crippen molar-refractivity contribution in [2.75, 3.05) is 25.3 Å². The highest BCUT2D eigenvalue weighted by Gasteiger charge is 2.25. The molecule has 4 rings (SSSR count). The summed E-state index contributed by atoms with van der Waals surface area (Å²) in [7, 11) is 0. The number of benzene rings is 2. The molecule has 190 valence electrons. The molecule has 0 saturated carbocycles. The van der Waals surface area contributed by atoms with Crippen molar-refractivity contribution in [3.05, 3.63) is 63.9 Å². The first-order chi connectivity index (χ1) is 17.4. The molecule has 1 aromatic heterocycles. The first-order valence-electron chi connectivity index (χ1n) is 11.7. The van der Waals surface area contributed by atoms with Gasteiger partial charge in [-0.25, -0.2) is 0 Å². The number of pyridine rings is 1. The monoisotopic (exact) mass is 511 g/mol. The molecule has 1 aliphatic heterocycles. The van der Waals surface area contributed by atoms with E-state index in [2.05, 4.69) is 10.6 Å². The number of nitrogens with one attached hydrogen (secondary N) is 2. The van der Waals surface area contributed by atoms with Crippen LogP contribution in [0.15, 0.2) is 47.4 Å². The summed E-state index contributed by atoms with van der Waals surface area (Å²) < 4.78 is 12.7. The highest BCUT2D eigenvalue weighted by atomic mass is 32.2. The zero-order valence-electron chi connectivity index (χ0n) is 20.2. The molecule has 36 heavy (non-hydrogen) atoms. The van der Waals surface area contributed by atoms with E-state index >= 15 is 0 Å². The van der Waals surface area contributed by atoms with Crippen LogP contribution in [-0.4, -0.2) is 52.9 Å². The number of amides is 2. The van der Waals surface area contributed by atoms with Gasteiger partial charge in [-0.05, 0) is 55.5 Å². The fourth-order valence-electron chi connectivity index (χ4n) is 4.06. The van der Waals surface area contributed by atoms with E-state index in [0.29, 0.717) is 54.1 Å². The number of rotatable bonds is 10. The Morgan fingerprint density at radius 1 is 1.17 bits per heavy atom. The predicted octanol–water partition coefficient (Wildman–Crippen LogP) is 2.67. The van der Waals surface area contributed by atoms with Crippen LogP contribution in [0.1, 0.15) is 29.3 Å². The standard InChI is InChI=1S/C26H29N3O6S/c1-3-29-14-19(24(31)18-12-22-23(13-21(18)29)35-15-34-22)25(32)28-20(9-11-36-2)26(33)27-10-8-16-4-6-17(30)7-5-16/h4-7,12-14,20,30H,3,8-11,15H2,1-2H3,(H,27,33)(H,28,32)/t20-/m0/s1. The van der Waals surface area contributed by atoms with Gasteiger partial charge in [-0.2, -0.15) is 11.8 Å². The van der Waals surface area contributed by atoms with E-state index in [9.17, 15) is 19.5 Å². The van der Waals surface area contributed by atoms with Crippen molar-refractivity contribution in [2.45, 2.75) is 32.4 Å². The molecule has 3 N–H and O–H groups in total. The summed E-state index contributed by atoms with van der Waals surface area (Å²) in [5, 5.41) is 15.4. The number of aryl methyl sites for hydroxylation is 1. The second-order valence-electron chi connectivity index (χ2n) is 8.40. The number of hydrogen-bond acceptors (Lipinski definition) is 7. The van der Waals surface area contributed by atoms with Crippen molar-refractivity contribution >= 4 is 34.5 Å². The summed E-state index contributed by atoms with van der Waals surface area (Å²) in [5.41, 5.74) is 1.15. The maximum Gasteiger partial charge on any atom is 0.257 e. The lowest BCUT2D eigenvalue weighted by molar-refractivity contribution is -0.122. The number of aromatic hydroxyl groups is 1. The van der Waals surface area contributed by atoms with Gasteiger partial charge in [0.15, 0.2) is 11.5 Å². The molecule has 10 heteroatoms. The molecule has 2 amide bonds. The minimum atomic E-state index is -0.785. The lowest BCUT2D eigenvalue weighted by Crippen LogP contribution is -2.48. The highest BCUT2D eigenvalue weighted by Crippen LogP contribution is 2.35. The number of nitrogens with zero attached hydrogens (tertiary/aromatic N) is 1. The van der Waals surface area contributed by atoms with Crippen LogP contribution in [-0.2, 0) is 17.8 Å². The Balaban J connectivity index is 1.51. The number of carbonyl (C=O) groups excluding carboxylic acids is 2. The average Bonchev–Trinajstić information content (AvgIpc) is 3.34. The highest BCUT2D eigenvalue weighted by molar-refractivity contribution is 7.98. The van der Waals surface area contributed by atoms with Crippen molar-refractivity contribution in [3.8, 4) is 17.2 Å². The molecule has 0 fully saturated rings. The summed E-state index contributed by atoms with van der Waals surface area (Å²) >= 11 is 1.57. The first kappa shape index (κ1) is 25.4. The van der Waals surface area contributed by atoms with Crippen molar-refractivity contribution < 1.29 is 24.2 Å². The van der Waals surface area contributed by atoms with Crippen LogP contribution in [0.3, 0.4) is 0 Å². The van der Waals surface area contributed by atoms with Gasteiger partial charge in [0.1, 0.15) is 17.4 Å². The van der Waals surface area contributed by atoms with Gasteiger partial charge in [0, 0.05) is 25.4 Å². The van der Waals surface area contributed by atoms with E-state index in [-0.39, 0.29) is 24.0 Å². The van der Waals surface area contributed by atoms with Gasteiger partial charge in [0.05, 0.1) is 10.9 Å². The van der Waals surface area contributed by atoms with Crippen molar-refractivity contribution in [3.63, 3.8) is 0 Å². The van der Waals surface area contributed by atoms with Crippen LogP contribution in [0.4, 0.5) is 0 Å². The van der Waals surface area contributed by atoms with Gasteiger partial charge >= 0.3 is 0 Å². The molecular weight excluding hydrogens is 482 g/mol. The van der Waals surface area contributed by atoms with E-state index in [4.69, 9.17) is 9.47 Å². The fraction of sp³-hybridized carbons (Fsp3) is 0.346. The summed E-state index contributed by atoms with van der Waals surface area (Å²) in [6, 6.07) is 9.33. The average molecular weight is 512 g/mol. The molecule has 2 aromatic carbocycles. The van der Waals surface area contributed by atoms with E-state index in [1.54, 1.807) is 48.2 Å². The lowest BCUT2D eigenvalue weighted by atomic mass is 10.1. The molecule has 1 atom stereocenters. The molecule has 3 aromatic rings. The lowest BCUT2D eigenvalue weighted by Gasteiger charge is -2.19. The number of phenolic OH excluding ortho intramolecular Hbond substituents is 1. The number of phenols is 1. The molecule has 0 radical (unpaired) electrons. The smallest absolute Gasteiger partial charge is 0.257 e. The van der Waals surface area contributed by atoms with Crippen LogP contribution in [0.2, 0.25) is 0 Å². The van der Waals surface area contributed by atoms with E-state index < -0.39 is 17.4 Å². The third kappa shape index (κ3) is 5.59. The molecule has 0 saturated heterocycles. The summed E-state index contributed by atoms with van der Waals surface area (Å²) in [5.74, 6) is 0.964. The Morgan fingerprint density at radius 3 is 2.58 bits per heavy atom. The molecule has 2 heterocycles. The zero-order chi connectivity index (χ0) is 25.7. The molecule has 1 aliphatic rings. The third-order valence-electron chi connectivity index (χ3n) is 6.04. The number of aromatic nitrogens is 1. The molecule has 0 unspecified atom stereocenters. The quantitative estimate of drug-likeness (QED) is 0.383. The Bertz CT molecular complexity index is 1320. The van der Waals surface area contributed by atoms with Gasteiger partial charge in [0.25, 0.3) is 5.91 Å². The van der Waals surface area contributed by atoms with Gasteiger partial charge < -0.3 is 29.8 Å². The van der Waals surface area contributed by atoms with Crippen LogP contribution < -0.4 is 25.5 Å². The predicted molar refractivity (Wildman–Crippen MR) is 139 cm³/mol. The molecule has 0 spiro atoms. The van der Waals surface area contributed by atoms with Crippen LogP contribution in [0.5, 0.6) is 17.2 Å². The summed E-state index contributed by atoms with van der Waals surface area (Å²) in [6.07, 6.45) is 4.45. The number of thioether (sulfide) groups is 1. The zero-order valence-corrected chi connectivity index (χ0v) is 21.0. The van der Waals surface area contributed by atoms with E-state index in [1.807, 2.05) is 17.7 Å². The first-order valence-corrected chi connectivity index (χ1v) is 13.1. The normalized spacial score (nSPS) is 12.9. The van der Waals surface area contributed by atoms with Gasteiger partial charge in [-0.1, -0.05) is 12.1 Å². The third-order valence-corrected chi connectivity index (χ3v) is 6.69. The Kier molecular flexibility index (Phi) is 8.04. The summed E-state index contributed by atoms with van der Waals surface area (Å²) in [4.78, 5) is 39.4. The fourth-order valence-corrected chi connectivity index (χ4v) is 4.53. The summed E-state index contributed by atoms with van der Waals surface area (Å²) in [6.45, 7) is 2.91. The molecule has 0 bridgehead atoms. The second-order valence-corrected chi connectivity index (χ2v) is 9.38. The molecule has 9 nitrogen and oxygen atoms in total. The second kappa shape index (κ2) is 11.4.